The molecule has 132 valence electrons. The quantitative estimate of drug-likeness (QED) is 0.909. The molecule has 0 unspecified atom stereocenters. The van der Waals surface area contributed by atoms with Crippen molar-refractivity contribution in [2.75, 3.05) is 5.32 Å². The molecule has 0 saturated heterocycles. The van der Waals surface area contributed by atoms with Gasteiger partial charge in [-0.15, -0.1) is 5.10 Å². The Kier molecular flexibility index (Phi) is 3.15. The molecule has 4 saturated carbocycles. The van der Waals surface area contributed by atoms with E-state index in [0.29, 0.717) is 5.89 Å². The molecule has 2 aromatic rings. The Morgan fingerprint density at radius 3 is 2.28 bits per heavy atom. The van der Waals surface area contributed by atoms with Gasteiger partial charge in [-0.05, 0) is 76.2 Å². The summed E-state index contributed by atoms with van der Waals surface area (Å²) in [5.74, 6) is 4.17. The van der Waals surface area contributed by atoms with Gasteiger partial charge in [-0.1, -0.05) is 5.10 Å². The monoisotopic (exact) mass is 341 g/mol. The maximum atomic E-state index is 13.0. The fraction of sp³-hybridized carbons (Fsp3) is 0.632. The van der Waals surface area contributed by atoms with Crippen LogP contribution in [0.15, 0.2) is 14.9 Å². The molecule has 0 spiro atoms. The van der Waals surface area contributed by atoms with Crippen LogP contribution < -0.4 is 5.32 Å². The number of hydrogen-bond acceptors (Lipinski definition) is 5. The van der Waals surface area contributed by atoms with Crippen LogP contribution in [0.5, 0.6) is 0 Å². The number of aryl methyl sites for hydroxylation is 2. The summed E-state index contributed by atoms with van der Waals surface area (Å²) in [5, 5.41) is 11.0. The number of hydrogen-bond donors (Lipinski definition) is 1. The summed E-state index contributed by atoms with van der Waals surface area (Å²) in [5.41, 5.74) is 0.561. The molecule has 25 heavy (non-hydrogen) atoms. The van der Waals surface area contributed by atoms with Crippen molar-refractivity contribution in [3.05, 3.63) is 17.6 Å². The topological polar surface area (TPSA) is 81.2 Å². The first-order valence-electron chi connectivity index (χ1n) is 9.23. The Hall–Kier alpha value is -2.11. The van der Waals surface area contributed by atoms with Crippen LogP contribution in [0.25, 0.3) is 11.5 Å². The molecule has 2 aromatic heterocycles. The zero-order valence-electron chi connectivity index (χ0n) is 14.7. The van der Waals surface area contributed by atoms with E-state index in [0.717, 1.165) is 54.1 Å². The highest BCUT2D eigenvalue weighted by molar-refractivity contribution is 5.94. The second-order valence-corrected chi connectivity index (χ2v) is 8.39. The predicted molar refractivity (Wildman–Crippen MR) is 90.7 cm³/mol. The standard InChI is InChI=1S/C19H23N3O3/c1-10-3-15(11(2)24-10)16-21-22-18(25-16)20-17(23)19-7-12-4-13(8-19)6-14(5-12)9-19/h3,12-14H,4-9H2,1-2H3,(H,20,22,23). The fourth-order valence-corrected chi connectivity index (χ4v) is 5.84. The molecule has 0 atom stereocenters. The summed E-state index contributed by atoms with van der Waals surface area (Å²) in [7, 11) is 0. The third-order valence-corrected chi connectivity index (χ3v) is 6.44. The van der Waals surface area contributed by atoms with E-state index in [4.69, 9.17) is 8.83 Å². The van der Waals surface area contributed by atoms with Crippen LogP contribution in [0.3, 0.4) is 0 Å². The summed E-state index contributed by atoms with van der Waals surface area (Å²) < 4.78 is 11.2. The lowest BCUT2D eigenvalue weighted by molar-refractivity contribution is -0.140. The van der Waals surface area contributed by atoms with Crippen LogP contribution in [0.2, 0.25) is 0 Å². The number of carbonyl (C=O) groups excluding carboxylic acids is 1. The summed E-state index contributed by atoms with van der Waals surface area (Å²) in [6.07, 6.45) is 7.01. The molecule has 6 nitrogen and oxygen atoms in total. The number of carbonyl (C=O) groups is 1. The number of aromatic nitrogens is 2. The lowest BCUT2D eigenvalue weighted by atomic mass is 9.49. The van der Waals surface area contributed by atoms with Gasteiger partial charge in [0.2, 0.25) is 5.91 Å². The van der Waals surface area contributed by atoms with Crippen LogP contribution in [-0.2, 0) is 4.79 Å². The van der Waals surface area contributed by atoms with Crippen LogP contribution in [0, 0.1) is 37.0 Å². The van der Waals surface area contributed by atoms with E-state index in [-0.39, 0.29) is 17.3 Å². The van der Waals surface area contributed by atoms with E-state index >= 15 is 0 Å². The lowest BCUT2D eigenvalue weighted by Gasteiger charge is -2.55. The Morgan fingerprint density at radius 2 is 1.72 bits per heavy atom. The molecule has 6 heteroatoms. The number of rotatable bonds is 3. The first kappa shape index (κ1) is 15.2. The average Bonchev–Trinajstić information content (AvgIpc) is 3.12. The van der Waals surface area contributed by atoms with Crippen molar-refractivity contribution < 1.29 is 13.6 Å². The second-order valence-electron chi connectivity index (χ2n) is 8.39. The third-order valence-electron chi connectivity index (χ3n) is 6.44. The van der Waals surface area contributed by atoms with E-state index in [1.165, 1.54) is 19.3 Å². The molecule has 1 amide bonds. The van der Waals surface area contributed by atoms with Crippen molar-refractivity contribution in [2.45, 2.75) is 52.4 Å². The summed E-state index contributed by atoms with van der Waals surface area (Å²) in [4.78, 5) is 13.0. The first-order valence-corrected chi connectivity index (χ1v) is 9.23. The van der Waals surface area contributed by atoms with Gasteiger partial charge in [0.25, 0.3) is 5.89 Å². The van der Waals surface area contributed by atoms with Gasteiger partial charge in [-0.25, -0.2) is 0 Å². The van der Waals surface area contributed by atoms with Gasteiger partial charge >= 0.3 is 6.01 Å². The van der Waals surface area contributed by atoms with Gasteiger partial charge in [-0.3, -0.25) is 10.1 Å². The van der Waals surface area contributed by atoms with Crippen molar-refractivity contribution in [2.24, 2.45) is 23.2 Å². The minimum atomic E-state index is -0.217. The minimum absolute atomic E-state index is 0.0712. The van der Waals surface area contributed by atoms with Crippen molar-refractivity contribution >= 4 is 11.9 Å². The Labute approximate surface area is 146 Å². The maximum Gasteiger partial charge on any atom is 0.322 e. The predicted octanol–water partition coefficient (Wildman–Crippen LogP) is 4.10. The molecule has 1 N–H and O–H groups in total. The van der Waals surface area contributed by atoms with Crippen LogP contribution in [0.4, 0.5) is 6.01 Å². The highest BCUT2D eigenvalue weighted by atomic mass is 16.4. The van der Waals surface area contributed by atoms with Gasteiger partial charge in [0.1, 0.15) is 11.5 Å². The minimum Gasteiger partial charge on any atom is -0.466 e. The molecule has 0 radical (unpaired) electrons. The molecule has 0 aliphatic heterocycles. The number of nitrogens with zero attached hydrogens (tertiary/aromatic N) is 2. The highest BCUT2D eigenvalue weighted by Gasteiger charge is 2.54. The molecule has 6 rings (SSSR count). The molecule has 2 heterocycles. The summed E-state index contributed by atoms with van der Waals surface area (Å²) in [6.45, 7) is 3.74. The summed E-state index contributed by atoms with van der Waals surface area (Å²) >= 11 is 0. The van der Waals surface area contributed by atoms with Gasteiger partial charge < -0.3 is 8.83 Å². The average molecular weight is 341 g/mol. The SMILES string of the molecule is Cc1cc(-c2nnc(NC(=O)C34CC5CC(CC(C5)C3)C4)o2)c(C)o1. The van der Waals surface area contributed by atoms with Gasteiger partial charge in [0.05, 0.1) is 11.0 Å². The van der Waals surface area contributed by atoms with E-state index in [1.54, 1.807) is 0 Å². The Morgan fingerprint density at radius 1 is 1.08 bits per heavy atom. The number of amides is 1. The van der Waals surface area contributed by atoms with Crippen molar-refractivity contribution in [3.63, 3.8) is 0 Å². The maximum absolute atomic E-state index is 13.0. The van der Waals surface area contributed by atoms with Crippen LogP contribution in [0.1, 0.15) is 50.0 Å². The van der Waals surface area contributed by atoms with Crippen molar-refractivity contribution in [1.82, 2.24) is 10.2 Å². The fourth-order valence-electron chi connectivity index (χ4n) is 5.84. The largest absolute Gasteiger partial charge is 0.466 e. The number of furan rings is 1. The molecule has 4 bridgehead atoms. The number of nitrogens with one attached hydrogen (secondary N) is 1. The molecular formula is C19H23N3O3. The van der Waals surface area contributed by atoms with Crippen molar-refractivity contribution in [1.29, 1.82) is 0 Å². The zero-order chi connectivity index (χ0) is 17.2. The zero-order valence-corrected chi connectivity index (χ0v) is 14.7. The third kappa shape index (κ3) is 2.41. The van der Waals surface area contributed by atoms with E-state index in [1.807, 2.05) is 19.9 Å². The molecule has 4 aliphatic rings. The van der Waals surface area contributed by atoms with E-state index < -0.39 is 0 Å². The van der Waals surface area contributed by atoms with Crippen molar-refractivity contribution in [3.8, 4) is 11.5 Å². The molecule has 0 aromatic carbocycles. The van der Waals surface area contributed by atoms with Crippen LogP contribution in [-0.4, -0.2) is 16.1 Å². The smallest absolute Gasteiger partial charge is 0.322 e. The van der Waals surface area contributed by atoms with Gasteiger partial charge in [0, 0.05) is 0 Å². The summed E-state index contributed by atoms with van der Waals surface area (Å²) in [6, 6.07) is 2.06. The molecule has 4 fully saturated rings. The molecular weight excluding hydrogens is 318 g/mol. The second kappa shape index (κ2) is 5.19. The van der Waals surface area contributed by atoms with Gasteiger partial charge in [-0.2, -0.15) is 0 Å². The normalized spacial score (nSPS) is 33.0. The Bertz CT molecular complexity index is 800. The van der Waals surface area contributed by atoms with E-state index in [9.17, 15) is 4.79 Å². The van der Waals surface area contributed by atoms with Crippen LogP contribution >= 0.6 is 0 Å². The van der Waals surface area contributed by atoms with Gasteiger partial charge in [0.15, 0.2) is 0 Å². The molecule has 4 aliphatic carbocycles. The lowest BCUT2D eigenvalue weighted by Crippen LogP contribution is -2.51. The number of anilines is 1. The van der Waals surface area contributed by atoms with E-state index in [2.05, 4.69) is 15.5 Å². The Balaban J connectivity index is 1.36. The highest BCUT2D eigenvalue weighted by Crippen LogP contribution is 2.60. The first-order chi connectivity index (χ1) is 12.0.